The van der Waals surface area contributed by atoms with E-state index in [9.17, 15) is 4.79 Å². The van der Waals surface area contributed by atoms with Gasteiger partial charge in [-0.25, -0.2) is 0 Å². The molecule has 7 heteroatoms. The van der Waals surface area contributed by atoms with Gasteiger partial charge >= 0.3 is 0 Å². The quantitative estimate of drug-likeness (QED) is 0.393. The Kier molecular flexibility index (Phi) is 10.2. The zero-order valence-electron chi connectivity index (χ0n) is 22.3. The molecule has 2 heterocycles. The second kappa shape index (κ2) is 14.0. The lowest BCUT2D eigenvalue weighted by Gasteiger charge is -2.30. The molecule has 1 aliphatic carbocycles. The lowest BCUT2D eigenvalue weighted by molar-refractivity contribution is -0.117. The van der Waals surface area contributed by atoms with Crippen LogP contribution in [0.5, 0.6) is 0 Å². The molecule has 0 bridgehead atoms. The lowest BCUT2D eigenvalue weighted by atomic mass is 9.84. The number of amides is 1. The SMILES string of the molecule is Cl.N#Cc1cccc(/C=C/C(=O)NC2CCC(CCN3CCc4ccc(-c5cnccn5)cc4CC3)CC2)c1. The number of rotatable bonds is 7. The minimum absolute atomic E-state index is 0. The summed E-state index contributed by atoms with van der Waals surface area (Å²) in [5.41, 5.74) is 6.46. The second-order valence-electron chi connectivity index (χ2n) is 10.5. The molecule has 1 amide bonds. The molecule has 2 aromatic carbocycles. The maximum Gasteiger partial charge on any atom is 0.244 e. The Labute approximate surface area is 237 Å². The smallest absolute Gasteiger partial charge is 0.244 e. The Bertz CT molecular complexity index is 1310. The fourth-order valence-electron chi connectivity index (χ4n) is 5.70. The molecular weight excluding hydrogens is 506 g/mol. The number of carbonyl (C=O) groups is 1. The van der Waals surface area contributed by atoms with Crippen molar-refractivity contribution in [3.8, 4) is 17.3 Å². The number of nitrogens with zero attached hydrogens (tertiary/aromatic N) is 4. The number of aromatic nitrogens is 2. The summed E-state index contributed by atoms with van der Waals surface area (Å²) in [6.45, 7) is 3.37. The molecule has 3 aromatic rings. The molecule has 0 radical (unpaired) electrons. The number of fused-ring (bicyclic) bond motifs is 1. The summed E-state index contributed by atoms with van der Waals surface area (Å²) < 4.78 is 0. The van der Waals surface area contributed by atoms with Crippen molar-refractivity contribution < 1.29 is 4.79 Å². The molecule has 2 aliphatic rings. The van der Waals surface area contributed by atoms with Crippen molar-refractivity contribution in [2.24, 2.45) is 5.92 Å². The summed E-state index contributed by atoms with van der Waals surface area (Å²) in [5, 5.41) is 12.2. The number of halogens is 1. The molecule has 1 N–H and O–H groups in total. The van der Waals surface area contributed by atoms with E-state index in [1.807, 2.05) is 18.3 Å². The molecule has 0 atom stereocenters. The topological polar surface area (TPSA) is 81.9 Å². The Hall–Kier alpha value is -3.53. The Morgan fingerprint density at radius 1 is 1.05 bits per heavy atom. The van der Waals surface area contributed by atoms with Crippen molar-refractivity contribution >= 4 is 24.4 Å². The molecule has 0 saturated heterocycles. The van der Waals surface area contributed by atoms with Crippen LogP contribution < -0.4 is 5.32 Å². The van der Waals surface area contributed by atoms with Crippen molar-refractivity contribution in [1.29, 1.82) is 5.26 Å². The summed E-state index contributed by atoms with van der Waals surface area (Å²) in [4.78, 5) is 23.7. The van der Waals surface area contributed by atoms with Crippen LogP contribution in [-0.4, -0.2) is 46.5 Å². The van der Waals surface area contributed by atoms with Crippen molar-refractivity contribution in [3.63, 3.8) is 0 Å². The summed E-state index contributed by atoms with van der Waals surface area (Å²) in [5.74, 6) is 0.684. The van der Waals surface area contributed by atoms with Gasteiger partial charge in [-0.2, -0.15) is 5.26 Å². The van der Waals surface area contributed by atoms with Gasteiger partial charge in [-0.1, -0.05) is 24.3 Å². The molecule has 0 unspecified atom stereocenters. The maximum absolute atomic E-state index is 12.4. The molecular formula is C32H36ClN5O. The number of carbonyl (C=O) groups excluding carboxylic acids is 1. The van der Waals surface area contributed by atoms with Crippen LogP contribution in [0.1, 0.15) is 54.4 Å². The fraction of sp³-hybridized carbons (Fsp3) is 0.375. The zero-order chi connectivity index (χ0) is 26.2. The van der Waals surface area contributed by atoms with E-state index in [2.05, 4.69) is 44.5 Å². The van der Waals surface area contributed by atoms with Gasteiger partial charge in [0.2, 0.25) is 5.91 Å². The van der Waals surface area contributed by atoms with Crippen LogP contribution in [0.25, 0.3) is 17.3 Å². The van der Waals surface area contributed by atoms with E-state index < -0.39 is 0 Å². The summed E-state index contributed by atoms with van der Waals surface area (Å²) in [7, 11) is 0. The van der Waals surface area contributed by atoms with Gasteiger partial charge in [0.25, 0.3) is 0 Å². The van der Waals surface area contributed by atoms with Gasteiger partial charge < -0.3 is 10.2 Å². The Morgan fingerprint density at radius 2 is 1.87 bits per heavy atom. The summed E-state index contributed by atoms with van der Waals surface area (Å²) >= 11 is 0. The minimum atomic E-state index is -0.0533. The predicted octanol–water partition coefficient (Wildman–Crippen LogP) is 5.62. The first-order chi connectivity index (χ1) is 18.7. The van der Waals surface area contributed by atoms with E-state index in [0.717, 1.165) is 68.1 Å². The van der Waals surface area contributed by atoms with Gasteiger partial charge in [0.05, 0.1) is 23.5 Å². The third kappa shape index (κ3) is 7.98. The number of benzene rings is 2. The molecule has 1 aliphatic heterocycles. The molecule has 39 heavy (non-hydrogen) atoms. The van der Waals surface area contributed by atoms with Crippen molar-refractivity contribution in [2.75, 3.05) is 19.6 Å². The van der Waals surface area contributed by atoms with E-state index in [1.54, 1.807) is 36.7 Å². The number of nitrogens with one attached hydrogen (secondary N) is 1. The fourth-order valence-corrected chi connectivity index (χ4v) is 5.70. The number of nitriles is 1. The molecule has 1 fully saturated rings. The highest BCUT2D eigenvalue weighted by Gasteiger charge is 2.23. The van der Waals surface area contributed by atoms with Crippen molar-refractivity contribution in [2.45, 2.75) is 51.0 Å². The second-order valence-corrected chi connectivity index (χ2v) is 10.5. The Balaban J connectivity index is 0.00000353. The van der Waals surface area contributed by atoms with Crippen LogP contribution in [0.15, 0.2) is 67.1 Å². The third-order valence-corrected chi connectivity index (χ3v) is 7.95. The van der Waals surface area contributed by atoms with E-state index in [1.165, 1.54) is 30.4 Å². The van der Waals surface area contributed by atoms with E-state index in [0.29, 0.717) is 5.56 Å². The van der Waals surface area contributed by atoms with E-state index in [4.69, 9.17) is 5.26 Å². The monoisotopic (exact) mass is 541 g/mol. The predicted molar refractivity (Wildman–Crippen MR) is 157 cm³/mol. The molecule has 6 nitrogen and oxygen atoms in total. The first-order valence-electron chi connectivity index (χ1n) is 13.8. The van der Waals surface area contributed by atoms with Crippen LogP contribution in [0.3, 0.4) is 0 Å². The minimum Gasteiger partial charge on any atom is -0.350 e. The van der Waals surface area contributed by atoms with Gasteiger partial charge in [0, 0.05) is 43.2 Å². The van der Waals surface area contributed by atoms with Crippen LogP contribution in [0.2, 0.25) is 0 Å². The van der Waals surface area contributed by atoms with Gasteiger partial charge in [-0.3, -0.25) is 14.8 Å². The zero-order valence-corrected chi connectivity index (χ0v) is 23.1. The maximum atomic E-state index is 12.4. The highest BCUT2D eigenvalue weighted by molar-refractivity contribution is 5.91. The molecule has 0 spiro atoms. The number of hydrogen-bond acceptors (Lipinski definition) is 5. The largest absolute Gasteiger partial charge is 0.350 e. The van der Waals surface area contributed by atoms with Crippen LogP contribution in [-0.2, 0) is 17.6 Å². The summed E-state index contributed by atoms with van der Waals surface area (Å²) in [6, 6.07) is 16.4. The first-order valence-corrected chi connectivity index (χ1v) is 13.8. The van der Waals surface area contributed by atoms with Crippen LogP contribution >= 0.6 is 12.4 Å². The lowest BCUT2D eigenvalue weighted by Crippen LogP contribution is -2.37. The first kappa shape index (κ1) is 28.5. The molecule has 202 valence electrons. The van der Waals surface area contributed by atoms with E-state index in [-0.39, 0.29) is 24.4 Å². The standard InChI is InChI=1S/C32H35N5O.ClH/c33-22-26-3-1-2-25(20-26)6-11-32(38)36-30-9-4-24(5-10-30)12-17-37-18-13-27-7-8-29(21-28(27)14-19-37)31-23-34-15-16-35-31;/h1-3,6-8,11,15-16,20-21,23-24,30H,4-5,9-10,12-14,17-19H2,(H,36,38);1H/b11-6+;. The van der Waals surface area contributed by atoms with Gasteiger partial charge in [-0.15, -0.1) is 12.4 Å². The van der Waals surface area contributed by atoms with Gasteiger partial charge in [-0.05, 0) is 98.4 Å². The highest BCUT2D eigenvalue weighted by Crippen LogP contribution is 2.28. The van der Waals surface area contributed by atoms with Gasteiger partial charge in [0.15, 0.2) is 0 Å². The molecule has 1 aromatic heterocycles. The van der Waals surface area contributed by atoms with Crippen molar-refractivity contribution in [3.05, 3.63) is 89.4 Å². The van der Waals surface area contributed by atoms with Crippen molar-refractivity contribution in [1.82, 2.24) is 20.2 Å². The average Bonchev–Trinajstić information content (AvgIpc) is 3.18. The summed E-state index contributed by atoms with van der Waals surface area (Å²) in [6.07, 6.45) is 16.5. The molecule has 1 saturated carbocycles. The van der Waals surface area contributed by atoms with Crippen LogP contribution in [0, 0.1) is 17.2 Å². The average molecular weight is 542 g/mol. The molecule has 5 rings (SSSR count). The van der Waals surface area contributed by atoms with Crippen LogP contribution in [0.4, 0.5) is 0 Å². The number of hydrogen-bond donors (Lipinski definition) is 1. The van der Waals surface area contributed by atoms with E-state index >= 15 is 0 Å². The normalized spacial score (nSPS) is 19.4. The third-order valence-electron chi connectivity index (χ3n) is 7.95. The van der Waals surface area contributed by atoms with Gasteiger partial charge in [0.1, 0.15) is 0 Å². The highest BCUT2D eigenvalue weighted by atomic mass is 35.5. The Morgan fingerprint density at radius 3 is 2.64 bits per heavy atom.